The van der Waals surface area contributed by atoms with Gasteiger partial charge in [-0.15, -0.1) is 0 Å². The Morgan fingerprint density at radius 1 is 1.13 bits per heavy atom. The number of hydrazone groups is 1. The molecule has 0 aliphatic heterocycles. The number of hydrogen-bond donors (Lipinski definition) is 2. The van der Waals surface area contributed by atoms with Gasteiger partial charge in [0.1, 0.15) is 12.4 Å². The van der Waals surface area contributed by atoms with Crippen molar-refractivity contribution >= 4 is 23.3 Å². The van der Waals surface area contributed by atoms with E-state index in [1.165, 1.54) is 4.57 Å². The molecular weight excluding hydrogens is 396 g/mol. The summed E-state index contributed by atoms with van der Waals surface area (Å²) < 4.78 is 8.75. The first-order valence-corrected chi connectivity index (χ1v) is 9.82. The van der Waals surface area contributed by atoms with Crippen LogP contribution in [-0.2, 0) is 20.2 Å². The number of hydrogen-bond acceptors (Lipinski definition) is 6. The molecule has 31 heavy (non-hydrogen) atoms. The minimum atomic E-state index is -0.511. The molecule has 0 unspecified atom stereocenters. The van der Waals surface area contributed by atoms with Gasteiger partial charge in [0, 0.05) is 13.6 Å². The average Bonchev–Trinajstić information content (AvgIpc) is 3.17. The van der Waals surface area contributed by atoms with E-state index in [9.17, 15) is 9.59 Å². The fourth-order valence-corrected chi connectivity index (χ4v) is 3.18. The standard InChI is InChI=1S/C22H22N6O3/c1-3-28-18-19(27(2)22(30)25-20(18)29)24-21(28)26-23-13-15-9-11-17(12-10-15)31-14-16-7-5-4-6-8-16/h4-13H,3,14H2,1-2H3,(H,24,26)(H,25,29,30). The van der Waals surface area contributed by atoms with E-state index in [2.05, 4.69) is 20.5 Å². The topological polar surface area (TPSA) is 106 Å². The summed E-state index contributed by atoms with van der Waals surface area (Å²) in [5, 5.41) is 4.22. The van der Waals surface area contributed by atoms with Gasteiger partial charge >= 0.3 is 5.69 Å². The van der Waals surface area contributed by atoms with Crippen LogP contribution in [0.3, 0.4) is 0 Å². The molecule has 0 fully saturated rings. The smallest absolute Gasteiger partial charge is 0.329 e. The number of nitrogens with zero attached hydrogens (tertiary/aromatic N) is 4. The van der Waals surface area contributed by atoms with E-state index < -0.39 is 11.2 Å². The van der Waals surface area contributed by atoms with Crippen LogP contribution in [-0.4, -0.2) is 25.3 Å². The third kappa shape index (κ3) is 4.25. The van der Waals surface area contributed by atoms with E-state index in [4.69, 9.17) is 4.74 Å². The van der Waals surface area contributed by atoms with Crippen LogP contribution in [0.15, 0.2) is 69.3 Å². The molecule has 0 spiro atoms. The number of aromatic nitrogens is 4. The predicted molar refractivity (Wildman–Crippen MR) is 120 cm³/mol. The first-order chi connectivity index (χ1) is 15.1. The van der Waals surface area contributed by atoms with Crippen LogP contribution >= 0.6 is 0 Å². The van der Waals surface area contributed by atoms with Crippen molar-refractivity contribution in [2.45, 2.75) is 20.1 Å². The molecule has 2 aromatic heterocycles. The maximum absolute atomic E-state index is 12.2. The minimum absolute atomic E-state index is 0.299. The maximum Gasteiger partial charge on any atom is 0.329 e. The number of ether oxygens (including phenoxy) is 1. The normalized spacial score (nSPS) is 11.3. The zero-order chi connectivity index (χ0) is 21.8. The Hall–Kier alpha value is -4.14. The number of rotatable bonds is 7. The van der Waals surface area contributed by atoms with E-state index in [1.54, 1.807) is 17.8 Å². The van der Waals surface area contributed by atoms with Crippen LogP contribution in [0.2, 0.25) is 0 Å². The highest BCUT2D eigenvalue weighted by molar-refractivity contribution is 5.80. The number of fused-ring (bicyclic) bond motifs is 1. The molecule has 158 valence electrons. The molecular formula is C22H22N6O3. The van der Waals surface area contributed by atoms with Gasteiger partial charge in [-0.1, -0.05) is 30.3 Å². The highest BCUT2D eigenvalue weighted by atomic mass is 16.5. The van der Waals surface area contributed by atoms with E-state index >= 15 is 0 Å². The van der Waals surface area contributed by atoms with Gasteiger partial charge in [0.05, 0.1) is 6.21 Å². The summed E-state index contributed by atoms with van der Waals surface area (Å²) in [6.45, 7) is 2.88. The number of nitrogens with one attached hydrogen (secondary N) is 2. The van der Waals surface area contributed by atoms with Crippen molar-refractivity contribution in [1.82, 2.24) is 19.1 Å². The van der Waals surface area contributed by atoms with Crippen molar-refractivity contribution in [3.63, 3.8) is 0 Å². The number of imidazole rings is 1. The average molecular weight is 418 g/mol. The Kier molecular flexibility index (Phi) is 5.65. The van der Waals surface area contributed by atoms with Crippen LogP contribution < -0.4 is 21.4 Å². The summed E-state index contributed by atoms with van der Waals surface area (Å²) >= 11 is 0. The predicted octanol–water partition coefficient (Wildman–Crippen LogP) is 2.47. The van der Waals surface area contributed by atoms with Gasteiger partial charge in [0.15, 0.2) is 11.2 Å². The van der Waals surface area contributed by atoms with Crippen molar-refractivity contribution in [3.8, 4) is 5.75 Å². The van der Waals surface area contributed by atoms with Gasteiger partial charge in [-0.05, 0) is 42.3 Å². The number of H-pyrrole nitrogens is 1. The fourth-order valence-electron chi connectivity index (χ4n) is 3.18. The van der Waals surface area contributed by atoms with Crippen molar-refractivity contribution in [3.05, 3.63) is 86.6 Å². The summed E-state index contributed by atoms with van der Waals surface area (Å²) in [5.74, 6) is 1.14. The quantitative estimate of drug-likeness (QED) is 0.354. The third-order valence-corrected chi connectivity index (χ3v) is 4.83. The van der Waals surface area contributed by atoms with Crippen LogP contribution in [0, 0.1) is 0 Å². The zero-order valence-corrected chi connectivity index (χ0v) is 17.2. The van der Waals surface area contributed by atoms with E-state index in [0.717, 1.165) is 16.9 Å². The Bertz CT molecular complexity index is 1330. The first kappa shape index (κ1) is 20.1. The van der Waals surface area contributed by atoms with E-state index in [0.29, 0.717) is 30.3 Å². The van der Waals surface area contributed by atoms with E-state index in [-0.39, 0.29) is 0 Å². The molecule has 0 saturated carbocycles. The number of aromatic amines is 1. The van der Waals surface area contributed by atoms with Gasteiger partial charge < -0.3 is 9.30 Å². The fraction of sp³-hybridized carbons (Fsp3) is 0.182. The maximum atomic E-state index is 12.2. The van der Waals surface area contributed by atoms with Crippen molar-refractivity contribution in [2.75, 3.05) is 5.43 Å². The molecule has 2 N–H and O–H groups in total. The van der Waals surface area contributed by atoms with Crippen molar-refractivity contribution in [2.24, 2.45) is 12.1 Å². The molecule has 0 aliphatic rings. The second-order valence-corrected chi connectivity index (χ2v) is 6.88. The van der Waals surface area contributed by atoms with Crippen molar-refractivity contribution < 1.29 is 4.74 Å². The number of aryl methyl sites for hydroxylation is 2. The molecule has 2 heterocycles. The summed E-state index contributed by atoms with van der Waals surface area (Å²) in [4.78, 5) is 30.7. The lowest BCUT2D eigenvalue weighted by Gasteiger charge is -2.06. The molecule has 9 nitrogen and oxygen atoms in total. The minimum Gasteiger partial charge on any atom is -0.489 e. The molecule has 0 amide bonds. The lowest BCUT2D eigenvalue weighted by molar-refractivity contribution is 0.306. The third-order valence-electron chi connectivity index (χ3n) is 4.83. The van der Waals surface area contributed by atoms with Gasteiger partial charge in [-0.2, -0.15) is 10.1 Å². The Labute approximate surface area is 177 Å². The monoisotopic (exact) mass is 418 g/mol. The number of anilines is 1. The second kappa shape index (κ2) is 8.70. The highest BCUT2D eigenvalue weighted by Crippen LogP contribution is 2.16. The van der Waals surface area contributed by atoms with Gasteiger partial charge in [0.2, 0.25) is 5.95 Å². The molecule has 0 atom stereocenters. The molecule has 2 aromatic carbocycles. The molecule has 4 aromatic rings. The molecule has 0 radical (unpaired) electrons. The van der Waals surface area contributed by atoms with Gasteiger partial charge in [0.25, 0.3) is 5.56 Å². The summed E-state index contributed by atoms with van der Waals surface area (Å²) in [6.07, 6.45) is 1.64. The van der Waals surface area contributed by atoms with Crippen molar-refractivity contribution in [1.29, 1.82) is 0 Å². The molecule has 4 rings (SSSR count). The Balaban J connectivity index is 1.47. The molecule has 0 aliphatic carbocycles. The lowest BCUT2D eigenvalue weighted by Crippen LogP contribution is -2.29. The van der Waals surface area contributed by atoms with Crippen LogP contribution in [0.5, 0.6) is 5.75 Å². The Morgan fingerprint density at radius 2 is 1.87 bits per heavy atom. The van der Waals surface area contributed by atoms with Gasteiger partial charge in [-0.3, -0.25) is 14.3 Å². The summed E-state index contributed by atoms with van der Waals surface area (Å²) in [7, 11) is 1.56. The first-order valence-electron chi connectivity index (χ1n) is 9.82. The Morgan fingerprint density at radius 3 is 2.58 bits per heavy atom. The molecule has 0 saturated heterocycles. The summed E-state index contributed by atoms with van der Waals surface area (Å²) in [5.41, 5.74) is 4.46. The largest absolute Gasteiger partial charge is 0.489 e. The van der Waals surface area contributed by atoms with Gasteiger partial charge in [-0.25, -0.2) is 10.2 Å². The molecule has 9 heteroatoms. The summed E-state index contributed by atoms with van der Waals surface area (Å²) in [6, 6.07) is 17.5. The number of benzene rings is 2. The lowest BCUT2D eigenvalue weighted by atomic mass is 10.2. The zero-order valence-electron chi connectivity index (χ0n) is 17.2. The van der Waals surface area contributed by atoms with E-state index in [1.807, 2.05) is 61.5 Å². The highest BCUT2D eigenvalue weighted by Gasteiger charge is 2.15. The SMILES string of the molecule is CCn1c(NN=Cc2ccc(OCc3ccccc3)cc2)nc2c1c(=O)[nH]c(=O)n2C. The van der Waals surface area contributed by atoms with Crippen LogP contribution in [0.25, 0.3) is 11.2 Å². The van der Waals surface area contributed by atoms with Crippen LogP contribution in [0.4, 0.5) is 5.95 Å². The second-order valence-electron chi connectivity index (χ2n) is 6.88. The van der Waals surface area contributed by atoms with Crippen LogP contribution in [0.1, 0.15) is 18.1 Å². The molecule has 0 bridgehead atoms.